The van der Waals surface area contributed by atoms with Crippen LogP contribution in [0.15, 0.2) is 30.0 Å². The summed E-state index contributed by atoms with van der Waals surface area (Å²) < 4.78 is 0. The van der Waals surface area contributed by atoms with Crippen molar-refractivity contribution in [3.8, 4) is 6.07 Å². The Labute approximate surface area is 135 Å². The molecule has 0 bridgehead atoms. The number of halogens is 1. The maximum atomic E-state index is 12.1. The molecule has 1 aromatic carbocycles. The van der Waals surface area contributed by atoms with Crippen molar-refractivity contribution in [1.29, 1.82) is 5.26 Å². The first-order valence-corrected chi connectivity index (χ1v) is 7.70. The van der Waals surface area contributed by atoms with Gasteiger partial charge in [-0.2, -0.15) is 5.26 Å². The Morgan fingerprint density at radius 1 is 1.36 bits per heavy atom. The molecule has 0 atom stereocenters. The summed E-state index contributed by atoms with van der Waals surface area (Å²) in [7, 11) is 0. The van der Waals surface area contributed by atoms with Crippen molar-refractivity contribution in [2.45, 2.75) is 38.1 Å². The lowest BCUT2D eigenvalue weighted by atomic mass is 9.96. The average Bonchev–Trinajstić information content (AvgIpc) is 2.52. The number of nitrogens with zero attached hydrogens (tertiary/aromatic N) is 1. The fourth-order valence-corrected chi connectivity index (χ4v) is 2.68. The summed E-state index contributed by atoms with van der Waals surface area (Å²) in [5, 5.41) is 15.3. The third-order valence-electron chi connectivity index (χ3n) is 3.67. The van der Waals surface area contributed by atoms with Crippen LogP contribution in [0.2, 0.25) is 5.02 Å². The number of amides is 1. The lowest BCUT2D eigenvalue weighted by Gasteiger charge is -2.21. The minimum absolute atomic E-state index is 0.0264. The number of hydrogen-bond acceptors (Lipinski definition) is 4. The van der Waals surface area contributed by atoms with E-state index in [4.69, 9.17) is 22.6 Å². The van der Waals surface area contributed by atoms with Gasteiger partial charge in [0.1, 0.15) is 11.6 Å². The van der Waals surface area contributed by atoms with Crippen LogP contribution in [-0.2, 0) is 4.79 Å². The van der Waals surface area contributed by atoms with Gasteiger partial charge in [-0.1, -0.05) is 30.9 Å². The molecule has 5 nitrogen and oxygen atoms in total. The van der Waals surface area contributed by atoms with E-state index in [0.717, 1.165) is 12.8 Å². The van der Waals surface area contributed by atoms with E-state index in [1.165, 1.54) is 25.5 Å². The lowest BCUT2D eigenvalue weighted by molar-refractivity contribution is -0.112. The van der Waals surface area contributed by atoms with Crippen molar-refractivity contribution in [3.63, 3.8) is 0 Å². The molecule has 6 heteroatoms. The van der Waals surface area contributed by atoms with Crippen molar-refractivity contribution >= 4 is 28.9 Å². The minimum atomic E-state index is -0.488. The van der Waals surface area contributed by atoms with Crippen LogP contribution in [0.3, 0.4) is 0 Å². The van der Waals surface area contributed by atoms with Crippen LogP contribution >= 0.6 is 11.6 Å². The first kappa shape index (κ1) is 16.2. The highest BCUT2D eigenvalue weighted by Crippen LogP contribution is 2.24. The molecule has 1 aliphatic rings. The molecule has 1 fully saturated rings. The number of nitrogens with one attached hydrogen (secondary N) is 2. The highest BCUT2D eigenvalue weighted by Gasteiger charge is 2.14. The van der Waals surface area contributed by atoms with E-state index < -0.39 is 5.91 Å². The SMILES string of the molecule is N#C/C(=C/NC1CCCCC1)C(=O)Nc1ccc(N)cc1Cl. The van der Waals surface area contributed by atoms with Crippen LogP contribution in [0.5, 0.6) is 0 Å². The Balaban J connectivity index is 2.00. The van der Waals surface area contributed by atoms with Gasteiger partial charge >= 0.3 is 0 Å². The van der Waals surface area contributed by atoms with E-state index in [0.29, 0.717) is 22.4 Å². The summed E-state index contributed by atoms with van der Waals surface area (Å²) in [6.45, 7) is 0. The van der Waals surface area contributed by atoms with Gasteiger partial charge in [0.25, 0.3) is 5.91 Å². The maximum Gasteiger partial charge on any atom is 0.267 e. The van der Waals surface area contributed by atoms with Crippen molar-refractivity contribution < 1.29 is 4.79 Å². The molecule has 0 spiro atoms. The number of nitrogen functional groups attached to an aromatic ring is 1. The molecule has 22 heavy (non-hydrogen) atoms. The van der Waals surface area contributed by atoms with E-state index in [1.807, 2.05) is 6.07 Å². The number of carbonyl (C=O) groups excluding carboxylic acids is 1. The number of nitriles is 1. The Kier molecular flexibility index (Phi) is 5.68. The molecular weight excluding hydrogens is 300 g/mol. The number of anilines is 2. The molecule has 1 aromatic rings. The molecule has 0 saturated heterocycles. The second kappa shape index (κ2) is 7.71. The average molecular weight is 319 g/mol. The van der Waals surface area contributed by atoms with Crippen molar-refractivity contribution in [2.24, 2.45) is 0 Å². The molecule has 1 aliphatic carbocycles. The summed E-state index contributed by atoms with van der Waals surface area (Å²) in [4.78, 5) is 12.1. The van der Waals surface area contributed by atoms with Crippen molar-refractivity contribution in [2.75, 3.05) is 11.1 Å². The lowest BCUT2D eigenvalue weighted by Crippen LogP contribution is -2.28. The zero-order valence-corrected chi connectivity index (χ0v) is 13.0. The molecule has 0 unspecified atom stereocenters. The highest BCUT2D eigenvalue weighted by molar-refractivity contribution is 6.34. The van der Waals surface area contributed by atoms with Crippen LogP contribution < -0.4 is 16.4 Å². The van der Waals surface area contributed by atoms with Gasteiger partial charge < -0.3 is 16.4 Å². The molecule has 116 valence electrons. The second-order valence-electron chi connectivity index (χ2n) is 5.36. The summed E-state index contributed by atoms with van der Waals surface area (Å²) in [5.41, 5.74) is 6.57. The normalized spacial score (nSPS) is 15.9. The molecule has 1 amide bonds. The fraction of sp³-hybridized carbons (Fsp3) is 0.375. The number of hydrogen-bond donors (Lipinski definition) is 3. The Bertz CT molecular complexity index is 615. The quantitative estimate of drug-likeness (QED) is 0.451. The summed E-state index contributed by atoms with van der Waals surface area (Å²) in [6.07, 6.45) is 7.25. The van der Waals surface area contributed by atoms with Crippen LogP contribution in [0, 0.1) is 11.3 Å². The van der Waals surface area contributed by atoms with Crippen molar-refractivity contribution in [1.82, 2.24) is 5.32 Å². The van der Waals surface area contributed by atoms with Gasteiger partial charge in [0.05, 0.1) is 10.7 Å². The van der Waals surface area contributed by atoms with E-state index in [1.54, 1.807) is 18.2 Å². The first-order valence-electron chi connectivity index (χ1n) is 7.33. The first-order chi connectivity index (χ1) is 10.6. The molecule has 2 rings (SSSR count). The van der Waals surface area contributed by atoms with Gasteiger partial charge in [0, 0.05) is 17.9 Å². The zero-order chi connectivity index (χ0) is 15.9. The van der Waals surface area contributed by atoms with E-state index in [9.17, 15) is 4.79 Å². The Hall–Kier alpha value is -2.19. The third-order valence-corrected chi connectivity index (χ3v) is 3.99. The van der Waals surface area contributed by atoms with Crippen LogP contribution in [-0.4, -0.2) is 11.9 Å². The van der Waals surface area contributed by atoms with Crippen molar-refractivity contribution in [3.05, 3.63) is 35.0 Å². The van der Waals surface area contributed by atoms with Gasteiger partial charge in [-0.05, 0) is 31.0 Å². The highest BCUT2D eigenvalue weighted by atomic mass is 35.5. The topological polar surface area (TPSA) is 90.9 Å². The molecule has 4 N–H and O–H groups in total. The second-order valence-corrected chi connectivity index (χ2v) is 5.77. The number of nitrogens with two attached hydrogens (primary N) is 1. The number of benzene rings is 1. The van der Waals surface area contributed by atoms with E-state index in [2.05, 4.69) is 10.6 Å². The summed E-state index contributed by atoms with van der Waals surface area (Å²) >= 11 is 6.01. The van der Waals surface area contributed by atoms with Gasteiger partial charge in [0.15, 0.2) is 0 Å². The minimum Gasteiger partial charge on any atom is -0.399 e. The predicted molar refractivity (Wildman–Crippen MR) is 88.2 cm³/mol. The third kappa shape index (κ3) is 4.40. The van der Waals surface area contributed by atoms with Gasteiger partial charge in [-0.25, -0.2) is 0 Å². The van der Waals surface area contributed by atoms with Gasteiger partial charge in [0.2, 0.25) is 0 Å². The Morgan fingerprint density at radius 3 is 2.73 bits per heavy atom. The molecule has 0 radical (unpaired) electrons. The number of carbonyl (C=O) groups is 1. The standard InChI is InChI=1S/C16H19ClN4O/c17-14-8-12(19)6-7-15(14)21-16(22)11(9-18)10-20-13-4-2-1-3-5-13/h6-8,10,13,20H,1-5,19H2,(H,21,22)/b11-10-. The van der Waals surface area contributed by atoms with Gasteiger partial charge in [-0.15, -0.1) is 0 Å². The molecule has 1 saturated carbocycles. The van der Waals surface area contributed by atoms with Gasteiger partial charge in [-0.3, -0.25) is 4.79 Å². The summed E-state index contributed by atoms with van der Waals surface area (Å²) in [6, 6.07) is 7.04. The maximum absolute atomic E-state index is 12.1. The predicted octanol–water partition coefficient (Wildman–Crippen LogP) is 3.19. The fourth-order valence-electron chi connectivity index (χ4n) is 2.44. The van der Waals surface area contributed by atoms with Crippen LogP contribution in [0.1, 0.15) is 32.1 Å². The largest absolute Gasteiger partial charge is 0.399 e. The molecular formula is C16H19ClN4O. The molecule has 0 aromatic heterocycles. The molecule has 0 aliphatic heterocycles. The molecule has 0 heterocycles. The van der Waals surface area contributed by atoms with Crippen LogP contribution in [0.25, 0.3) is 0 Å². The summed E-state index contributed by atoms with van der Waals surface area (Å²) in [5.74, 6) is -0.488. The van der Waals surface area contributed by atoms with E-state index in [-0.39, 0.29) is 5.57 Å². The van der Waals surface area contributed by atoms with E-state index >= 15 is 0 Å². The monoisotopic (exact) mass is 318 g/mol. The van der Waals surface area contributed by atoms with Crippen LogP contribution in [0.4, 0.5) is 11.4 Å². The number of rotatable bonds is 4. The zero-order valence-electron chi connectivity index (χ0n) is 12.2. The Morgan fingerprint density at radius 2 is 2.09 bits per heavy atom. The smallest absolute Gasteiger partial charge is 0.267 e.